The molecule has 1 N–H and O–H groups in total. The molecular formula is C19H18BrN3O3. The number of ether oxygens (including phenoxy) is 1. The number of hydrogen-bond donors (Lipinski definition) is 1. The third-order valence-electron chi connectivity index (χ3n) is 3.67. The van der Waals surface area contributed by atoms with Gasteiger partial charge < -0.3 is 14.6 Å². The van der Waals surface area contributed by atoms with Gasteiger partial charge in [0.25, 0.3) is 5.91 Å². The first-order valence-electron chi connectivity index (χ1n) is 8.11. The fourth-order valence-corrected chi connectivity index (χ4v) is 2.65. The van der Waals surface area contributed by atoms with Crippen molar-refractivity contribution in [2.75, 3.05) is 0 Å². The molecule has 0 bridgehead atoms. The van der Waals surface area contributed by atoms with Crippen LogP contribution in [-0.4, -0.2) is 22.2 Å². The second kappa shape index (κ2) is 8.14. The van der Waals surface area contributed by atoms with Gasteiger partial charge in [-0.05, 0) is 38.1 Å². The Balaban J connectivity index is 1.55. The maximum absolute atomic E-state index is 12.2. The Morgan fingerprint density at radius 3 is 2.77 bits per heavy atom. The van der Waals surface area contributed by atoms with Crippen LogP contribution in [0.25, 0.3) is 11.4 Å². The van der Waals surface area contributed by atoms with Crippen molar-refractivity contribution in [3.8, 4) is 17.1 Å². The molecule has 6 nitrogen and oxygen atoms in total. The summed E-state index contributed by atoms with van der Waals surface area (Å²) in [5.41, 5.74) is 1.96. The predicted molar refractivity (Wildman–Crippen MR) is 101 cm³/mol. The second-order valence-electron chi connectivity index (χ2n) is 5.81. The summed E-state index contributed by atoms with van der Waals surface area (Å²) in [6, 6.07) is 15.1. The molecule has 7 heteroatoms. The summed E-state index contributed by atoms with van der Waals surface area (Å²) < 4.78 is 11.7. The number of carbonyl (C=O) groups excluding carboxylic acids is 1. The average Bonchev–Trinajstić information content (AvgIpc) is 3.10. The number of nitrogens with one attached hydrogen (secondary N) is 1. The van der Waals surface area contributed by atoms with Crippen molar-refractivity contribution in [3.05, 3.63) is 64.5 Å². The highest BCUT2D eigenvalue weighted by atomic mass is 79.9. The maximum atomic E-state index is 12.2. The van der Waals surface area contributed by atoms with Crippen LogP contribution in [0.5, 0.6) is 5.75 Å². The van der Waals surface area contributed by atoms with E-state index < -0.39 is 6.10 Å². The van der Waals surface area contributed by atoms with Crippen LogP contribution in [0.1, 0.15) is 18.4 Å². The first-order chi connectivity index (χ1) is 12.5. The highest BCUT2D eigenvalue weighted by Crippen LogP contribution is 2.20. The lowest BCUT2D eigenvalue weighted by Gasteiger charge is -2.14. The van der Waals surface area contributed by atoms with Gasteiger partial charge >= 0.3 is 0 Å². The van der Waals surface area contributed by atoms with Crippen LogP contribution < -0.4 is 10.1 Å². The van der Waals surface area contributed by atoms with Gasteiger partial charge in [-0.3, -0.25) is 4.79 Å². The van der Waals surface area contributed by atoms with E-state index in [2.05, 4.69) is 31.4 Å². The number of carbonyl (C=O) groups is 1. The first-order valence-corrected chi connectivity index (χ1v) is 8.90. The van der Waals surface area contributed by atoms with Gasteiger partial charge in [0.05, 0.1) is 6.54 Å². The summed E-state index contributed by atoms with van der Waals surface area (Å²) in [6.07, 6.45) is -0.634. The van der Waals surface area contributed by atoms with Crippen LogP contribution in [0.15, 0.2) is 57.5 Å². The molecule has 1 aromatic heterocycles. The molecule has 2 aromatic carbocycles. The standard InChI is InChI=1S/C19H18BrN3O3/c1-12-6-8-16(9-7-12)25-13(2)19(24)21-11-17-22-18(23-26-17)14-4-3-5-15(20)10-14/h3-10,13H,11H2,1-2H3,(H,21,24)/t13-/m1/s1. The Hall–Kier alpha value is -2.67. The molecule has 0 saturated heterocycles. The summed E-state index contributed by atoms with van der Waals surface area (Å²) in [7, 11) is 0. The van der Waals surface area contributed by atoms with E-state index in [1.807, 2.05) is 55.5 Å². The molecule has 0 saturated carbocycles. The van der Waals surface area contributed by atoms with Crippen molar-refractivity contribution in [2.24, 2.45) is 0 Å². The van der Waals surface area contributed by atoms with Crippen LogP contribution >= 0.6 is 15.9 Å². The van der Waals surface area contributed by atoms with Gasteiger partial charge in [-0.1, -0.05) is 50.9 Å². The van der Waals surface area contributed by atoms with Crippen LogP contribution in [0, 0.1) is 6.92 Å². The van der Waals surface area contributed by atoms with E-state index in [0.717, 1.165) is 15.6 Å². The van der Waals surface area contributed by atoms with E-state index in [-0.39, 0.29) is 12.5 Å². The molecule has 26 heavy (non-hydrogen) atoms. The Kier molecular flexibility index (Phi) is 5.68. The normalized spacial score (nSPS) is 11.8. The van der Waals surface area contributed by atoms with E-state index in [1.165, 1.54) is 0 Å². The van der Waals surface area contributed by atoms with Crippen LogP contribution in [0.4, 0.5) is 0 Å². The number of rotatable bonds is 6. The fourth-order valence-electron chi connectivity index (χ4n) is 2.25. The highest BCUT2D eigenvalue weighted by molar-refractivity contribution is 9.10. The van der Waals surface area contributed by atoms with Gasteiger partial charge in [0, 0.05) is 10.0 Å². The van der Waals surface area contributed by atoms with Gasteiger partial charge in [0.2, 0.25) is 11.7 Å². The van der Waals surface area contributed by atoms with Crippen LogP contribution in [0.2, 0.25) is 0 Å². The zero-order chi connectivity index (χ0) is 18.5. The number of amides is 1. The molecule has 0 aliphatic rings. The molecule has 0 spiro atoms. The van der Waals surface area contributed by atoms with Crippen LogP contribution in [0.3, 0.4) is 0 Å². The molecular weight excluding hydrogens is 398 g/mol. The second-order valence-corrected chi connectivity index (χ2v) is 6.73. The van der Waals surface area contributed by atoms with Crippen molar-refractivity contribution in [2.45, 2.75) is 26.5 Å². The van der Waals surface area contributed by atoms with Crippen molar-refractivity contribution in [1.82, 2.24) is 15.5 Å². The summed E-state index contributed by atoms with van der Waals surface area (Å²) in [5.74, 6) is 1.19. The summed E-state index contributed by atoms with van der Waals surface area (Å²) in [4.78, 5) is 16.5. The molecule has 3 aromatic rings. The zero-order valence-electron chi connectivity index (χ0n) is 14.4. The number of aryl methyl sites for hydroxylation is 1. The predicted octanol–water partition coefficient (Wildman–Crippen LogP) is 3.89. The Labute approximate surface area is 159 Å². The Morgan fingerprint density at radius 2 is 2.04 bits per heavy atom. The maximum Gasteiger partial charge on any atom is 0.261 e. The summed E-state index contributed by atoms with van der Waals surface area (Å²) in [6.45, 7) is 3.82. The van der Waals surface area contributed by atoms with E-state index in [4.69, 9.17) is 9.26 Å². The van der Waals surface area contributed by atoms with Gasteiger partial charge in [0.1, 0.15) is 5.75 Å². The third-order valence-corrected chi connectivity index (χ3v) is 4.16. The first kappa shape index (κ1) is 18.1. The quantitative estimate of drug-likeness (QED) is 0.660. The number of halogens is 1. The minimum atomic E-state index is -0.634. The minimum Gasteiger partial charge on any atom is -0.481 e. The Morgan fingerprint density at radius 1 is 1.27 bits per heavy atom. The van der Waals surface area contributed by atoms with Gasteiger partial charge in [-0.2, -0.15) is 4.98 Å². The smallest absolute Gasteiger partial charge is 0.261 e. The van der Waals surface area contributed by atoms with Crippen molar-refractivity contribution in [1.29, 1.82) is 0 Å². The lowest BCUT2D eigenvalue weighted by molar-refractivity contribution is -0.127. The summed E-state index contributed by atoms with van der Waals surface area (Å²) in [5, 5.41) is 6.67. The monoisotopic (exact) mass is 415 g/mol. The molecule has 0 aliphatic carbocycles. The number of nitrogens with zero attached hydrogens (tertiary/aromatic N) is 2. The molecule has 0 aliphatic heterocycles. The van der Waals surface area contributed by atoms with E-state index >= 15 is 0 Å². The average molecular weight is 416 g/mol. The fraction of sp³-hybridized carbons (Fsp3) is 0.211. The zero-order valence-corrected chi connectivity index (χ0v) is 16.0. The van der Waals surface area contributed by atoms with Gasteiger partial charge in [0.15, 0.2) is 6.10 Å². The molecule has 1 heterocycles. The molecule has 0 radical (unpaired) electrons. The lowest BCUT2D eigenvalue weighted by atomic mass is 10.2. The van der Waals surface area contributed by atoms with Crippen molar-refractivity contribution < 1.29 is 14.1 Å². The number of benzene rings is 2. The SMILES string of the molecule is Cc1ccc(O[C@H](C)C(=O)NCc2nc(-c3cccc(Br)c3)no2)cc1. The summed E-state index contributed by atoms with van der Waals surface area (Å²) >= 11 is 3.41. The molecule has 134 valence electrons. The number of hydrogen-bond acceptors (Lipinski definition) is 5. The topological polar surface area (TPSA) is 77.2 Å². The molecule has 1 amide bonds. The third kappa shape index (κ3) is 4.70. The van der Waals surface area contributed by atoms with Gasteiger partial charge in [-0.25, -0.2) is 0 Å². The molecule has 0 unspecified atom stereocenters. The largest absolute Gasteiger partial charge is 0.481 e. The molecule has 1 atom stereocenters. The van der Waals surface area contributed by atoms with Crippen molar-refractivity contribution >= 4 is 21.8 Å². The minimum absolute atomic E-state index is 0.140. The van der Waals surface area contributed by atoms with Gasteiger partial charge in [-0.15, -0.1) is 0 Å². The number of aromatic nitrogens is 2. The molecule has 0 fully saturated rings. The Bertz CT molecular complexity index is 893. The van der Waals surface area contributed by atoms with Crippen molar-refractivity contribution in [3.63, 3.8) is 0 Å². The van der Waals surface area contributed by atoms with E-state index in [9.17, 15) is 4.79 Å². The van der Waals surface area contributed by atoms with E-state index in [1.54, 1.807) is 6.92 Å². The van der Waals surface area contributed by atoms with Crippen LogP contribution in [-0.2, 0) is 11.3 Å². The molecule has 3 rings (SSSR count). The lowest BCUT2D eigenvalue weighted by Crippen LogP contribution is -2.35. The van der Waals surface area contributed by atoms with E-state index in [0.29, 0.717) is 17.5 Å². The highest BCUT2D eigenvalue weighted by Gasteiger charge is 2.16.